The first-order valence-corrected chi connectivity index (χ1v) is 9.52. The van der Waals surface area contributed by atoms with Crippen molar-refractivity contribution in [2.45, 2.75) is 11.3 Å². The number of hydrogen-bond donors (Lipinski definition) is 3. The van der Waals surface area contributed by atoms with Gasteiger partial charge in [-0.3, -0.25) is 4.79 Å². The SMILES string of the molecule is O=C(O)C(=O)O.O=C(O)CCN1CCN(S(=O)(=O)c2cccc(Cl)c2)CC1. The van der Waals surface area contributed by atoms with Crippen LogP contribution in [0.25, 0.3) is 0 Å². The maximum Gasteiger partial charge on any atom is 0.414 e. The van der Waals surface area contributed by atoms with Crippen molar-refractivity contribution in [1.82, 2.24) is 9.21 Å². The lowest BCUT2D eigenvalue weighted by atomic mass is 10.3. The van der Waals surface area contributed by atoms with Crippen molar-refractivity contribution >= 4 is 39.5 Å². The highest BCUT2D eigenvalue weighted by molar-refractivity contribution is 7.89. The van der Waals surface area contributed by atoms with E-state index in [-0.39, 0.29) is 11.3 Å². The highest BCUT2D eigenvalue weighted by Crippen LogP contribution is 2.20. The number of carbonyl (C=O) groups is 3. The minimum absolute atomic E-state index is 0.0705. The van der Waals surface area contributed by atoms with Gasteiger partial charge in [0, 0.05) is 37.7 Å². The third-order valence-electron chi connectivity index (χ3n) is 3.59. The number of benzene rings is 1. The van der Waals surface area contributed by atoms with Crippen LogP contribution >= 0.6 is 11.6 Å². The summed E-state index contributed by atoms with van der Waals surface area (Å²) in [6, 6.07) is 6.20. The predicted molar refractivity (Wildman–Crippen MR) is 94.2 cm³/mol. The summed E-state index contributed by atoms with van der Waals surface area (Å²) in [6.07, 6.45) is 0.0705. The van der Waals surface area contributed by atoms with Crippen LogP contribution in [-0.2, 0) is 24.4 Å². The quantitative estimate of drug-likeness (QED) is 0.567. The Morgan fingerprint density at radius 2 is 1.56 bits per heavy atom. The molecule has 27 heavy (non-hydrogen) atoms. The number of rotatable bonds is 5. The molecule has 0 spiro atoms. The number of carboxylic acid groups (broad SMARTS) is 3. The molecule has 0 aromatic heterocycles. The van der Waals surface area contributed by atoms with E-state index in [0.29, 0.717) is 37.7 Å². The Morgan fingerprint density at radius 3 is 2.00 bits per heavy atom. The van der Waals surface area contributed by atoms with Gasteiger partial charge in [-0.25, -0.2) is 18.0 Å². The Morgan fingerprint density at radius 1 is 1.00 bits per heavy atom. The largest absolute Gasteiger partial charge is 0.481 e. The normalized spacial score (nSPS) is 15.4. The Balaban J connectivity index is 0.000000527. The van der Waals surface area contributed by atoms with Crippen molar-refractivity contribution < 1.29 is 38.1 Å². The average Bonchev–Trinajstić information content (AvgIpc) is 2.60. The first-order chi connectivity index (χ1) is 12.5. The fraction of sp³-hybridized carbons (Fsp3) is 0.400. The lowest BCUT2D eigenvalue weighted by molar-refractivity contribution is -0.159. The molecule has 1 heterocycles. The molecule has 0 unspecified atom stereocenters. The molecule has 1 aliphatic rings. The molecule has 0 saturated carbocycles. The van der Waals surface area contributed by atoms with Crippen molar-refractivity contribution in [1.29, 1.82) is 0 Å². The minimum atomic E-state index is -3.53. The van der Waals surface area contributed by atoms with Crippen LogP contribution in [0.5, 0.6) is 0 Å². The van der Waals surface area contributed by atoms with E-state index in [1.807, 2.05) is 4.90 Å². The highest BCUT2D eigenvalue weighted by atomic mass is 35.5. The molecule has 0 amide bonds. The van der Waals surface area contributed by atoms with Gasteiger partial charge in [-0.15, -0.1) is 0 Å². The Hall–Kier alpha value is -2.21. The summed E-state index contributed by atoms with van der Waals surface area (Å²) in [7, 11) is -3.53. The fourth-order valence-corrected chi connectivity index (χ4v) is 3.95. The summed E-state index contributed by atoms with van der Waals surface area (Å²) in [6.45, 7) is 2.23. The Kier molecular flexibility index (Phi) is 8.63. The number of aliphatic carboxylic acids is 3. The van der Waals surface area contributed by atoms with E-state index in [1.54, 1.807) is 12.1 Å². The van der Waals surface area contributed by atoms with Crippen molar-refractivity contribution in [3.8, 4) is 0 Å². The highest BCUT2D eigenvalue weighted by Gasteiger charge is 2.28. The lowest BCUT2D eigenvalue weighted by Crippen LogP contribution is -2.48. The number of hydrogen-bond acceptors (Lipinski definition) is 6. The molecule has 2 rings (SSSR count). The third-order valence-corrected chi connectivity index (χ3v) is 5.72. The number of nitrogens with zero attached hydrogens (tertiary/aromatic N) is 2. The van der Waals surface area contributed by atoms with Crippen LogP contribution in [0, 0.1) is 0 Å². The van der Waals surface area contributed by atoms with Crippen molar-refractivity contribution in [3.05, 3.63) is 29.3 Å². The van der Waals surface area contributed by atoms with Gasteiger partial charge >= 0.3 is 17.9 Å². The number of carboxylic acids is 3. The molecule has 0 radical (unpaired) electrons. The van der Waals surface area contributed by atoms with Crippen LogP contribution in [-0.4, -0.2) is 83.6 Å². The molecule has 1 aromatic carbocycles. The molecule has 0 bridgehead atoms. The molecule has 150 valence electrons. The van der Waals surface area contributed by atoms with Crippen LogP contribution in [0.2, 0.25) is 5.02 Å². The number of halogens is 1. The van der Waals surface area contributed by atoms with E-state index in [1.165, 1.54) is 16.4 Å². The fourth-order valence-electron chi connectivity index (χ4n) is 2.22. The molecule has 3 N–H and O–H groups in total. The van der Waals surface area contributed by atoms with Gasteiger partial charge in [-0.2, -0.15) is 4.31 Å². The summed E-state index contributed by atoms with van der Waals surface area (Å²) in [5.41, 5.74) is 0. The van der Waals surface area contributed by atoms with E-state index < -0.39 is 27.9 Å². The van der Waals surface area contributed by atoms with Crippen LogP contribution in [0.15, 0.2) is 29.2 Å². The molecule has 0 aliphatic carbocycles. The second kappa shape index (κ2) is 10.2. The van der Waals surface area contributed by atoms with Crippen molar-refractivity contribution in [2.24, 2.45) is 0 Å². The maximum absolute atomic E-state index is 12.5. The van der Waals surface area contributed by atoms with Gasteiger partial charge in [0.1, 0.15) is 0 Å². The zero-order valence-corrected chi connectivity index (χ0v) is 15.7. The van der Waals surface area contributed by atoms with Gasteiger partial charge in [0.25, 0.3) is 0 Å². The monoisotopic (exact) mass is 422 g/mol. The molecule has 1 aromatic rings. The molecular weight excluding hydrogens is 404 g/mol. The van der Waals surface area contributed by atoms with Gasteiger partial charge in [0.05, 0.1) is 11.3 Å². The predicted octanol–water partition coefficient (Wildman–Crippen LogP) is 0.277. The van der Waals surface area contributed by atoms with E-state index in [9.17, 15) is 13.2 Å². The molecular formula is C15H19ClN2O8S. The Labute approximate surface area is 160 Å². The molecule has 1 fully saturated rings. The van der Waals surface area contributed by atoms with Gasteiger partial charge in [-0.1, -0.05) is 17.7 Å². The zero-order chi connectivity index (χ0) is 20.6. The smallest absolute Gasteiger partial charge is 0.414 e. The topological polar surface area (TPSA) is 153 Å². The zero-order valence-electron chi connectivity index (χ0n) is 14.1. The minimum Gasteiger partial charge on any atom is -0.481 e. The van der Waals surface area contributed by atoms with Crippen LogP contribution in [0.1, 0.15) is 6.42 Å². The van der Waals surface area contributed by atoms with Crippen LogP contribution in [0.3, 0.4) is 0 Å². The van der Waals surface area contributed by atoms with Gasteiger partial charge in [-0.05, 0) is 18.2 Å². The summed E-state index contributed by atoms with van der Waals surface area (Å²) < 4.78 is 26.3. The maximum atomic E-state index is 12.5. The first kappa shape index (κ1) is 22.8. The summed E-state index contributed by atoms with van der Waals surface area (Å²) >= 11 is 5.84. The summed E-state index contributed by atoms with van der Waals surface area (Å²) in [5.74, 6) is -4.49. The second-order valence-corrected chi connectivity index (χ2v) is 7.83. The molecule has 10 nitrogen and oxygen atoms in total. The number of piperazine rings is 1. The first-order valence-electron chi connectivity index (χ1n) is 7.70. The lowest BCUT2D eigenvalue weighted by Gasteiger charge is -2.33. The van der Waals surface area contributed by atoms with E-state index in [2.05, 4.69) is 0 Å². The summed E-state index contributed by atoms with van der Waals surface area (Å²) in [4.78, 5) is 30.9. The average molecular weight is 423 g/mol. The molecule has 0 atom stereocenters. The van der Waals surface area contributed by atoms with E-state index in [4.69, 9.17) is 36.5 Å². The Bertz CT molecular complexity index is 779. The molecule has 12 heteroatoms. The van der Waals surface area contributed by atoms with Crippen LogP contribution in [0.4, 0.5) is 0 Å². The molecule has 1 aliphatic heterocycles. The van der Waals surface area contributed by atoms with Gasteiger partial charge in [0.15, 0.2) is 0 Å². The molecule has 1 saturated heterocycles. The second-order valence-electron chi connectivity index (χ2n) is 5.46. The van der Waals surface area contributed by atoms with E-state index >= 15 is 0 Å². The standard InChI is InChI=1S/C13H17ClN2O4S.C2H2O4/c14-11-2-1-3-12(10-11)21(19,20)16-8-6-15(7-9-16)5-4-13(17)18;3-1(4)2(5)6/h1-3,10H,4-9H2,(H,17,18);(H,3,4)(H,5,6). The van der Waals surface area contributed by atoms with Crippen molar-refractivity contribution in [2.75, 3.05) is 32.7 Å². The van der Waals surface area contributed by atoms with Crippen molar-refractivity contribution in [3.63, 3.8) is 0 Å². The third kappa shape index (κ3) is 7.51. The summed E-state index contributed by atoms with van der Waals surface area (Å²) in [5, 5.41) is 23.8. The van der Waals surface area contributed by atoms with Crippen LogP contribution < -0.4 is 0 Å². The van der Waals surface area contributed by atoms with E-state index in [0.717, 1.165) is 0 Å². The van der Waals surface area contributed by atoms with Gasteiger partial charge < -0.3 is 20.2 Å². The number of sulfonamides is 1. The van der Waals surface area contributed by atoms with Gasteiger partial charge in [0.2, 0.25) is 10.0 Å².